The predicted molar refractivity (Wildman–Crippen MR) is 112 cm³/mol. The molecule has 1 aliphatic rings. The van der Waals surface area contributed by atoms with Crippen molar-refractivity contribution in [1.82, 2.24) is 0 Å². The number of hydrogen-bond acceptors (Lipinski definition) is 0. The molecule has 0 aromatic heterocycles. The van der Waals surface area contributed by atoms with Crippen LogP contribution in [0.1, 0.15) is 63.0 Å². The largest absolute Gasteiger partial charge is 0.0985 e. The first-order chi connectivity index (χ1) is 12.3. The SMILES string of the molecule is C=Cc1ccccc1.CC1CCCCC(=Cc2ccccc2)CCC1. The first kappa shape index (κ1) is 19.2. The number of allylic oxidation sites excluding steroid dienone is 1. The summed E-state index contributed by atoms with van der Waals surface area (Å²) in [7, 11) is 0. The van der Waals surface area contributed by atoms with E-state index in [1.165, 1.54) is 56.1 Å². The zero-order chi connectivity index (χ0) is 17.7. The Morgan fingerprint density at radius 1 is 0.760 bits per heavy atom. The molecular weight excluding hydrogens is 300 g/mol. The van der Waals surface area contributed by atoms with Gasteiger partial charge in [-0.15, -0.1) is 0 Å². The highest BCUT2D eigenvalue weighted by atomic mass is 14.1. The molecule has 3 rings (SSSR count). The van der Waals surface area contributed by atoms with Crippen LogP contribution in [0.2, 0.25) is 0 Å². The van der Waals surface area contributed by atoms with Gasteiger partial charge in [0, 0.05) is 0 Å². The van der Waals surface area contributed by atoms with Crippen LogP contribution in [-0.4, -0.2) is 0 Å². The Kier molecular flexibility index (Phi) is 8.83. The van der Waals surface area contributed by atoms with Gasteiger partial charge in [-0.25, -0.2) is 0 Å². The van der Waals surface area contributed by atoms with Gasteiger partial charge in [-0.05, 0) is 42.7 Å². The maximum Gasteiger partial charge on any atom is -0.0257 e. The summed E-state index contributed by atoms with van der Waals surface area (Å²) in [5, 5.41) is 0. The van der Waals surface area contributed by atoms with Gasteiger partial charge in [0.1, 0.15) is 0 Å². The first-order valence-electron chi connectivity index (χ1n) is 9.70. The monoisotopic (exact) mass is 332 g/mol. The summed E-state index contributed by atoms with van der Waals surface area (Å²) >= 11 is 0. The lowest BCUT2D eigenvalue weighted by Gasteiger charge is -2.07. The predicted octanol–water partition coefficient (Wildman–Crippen LogP) is 7.78. The Balaban J connectivity index is 0.000000236. The van der Waals surface area contributed by atoms with E-state index in [0.717, 1.165) is 5.92 Å². The molecule has 0 N–H and O–H groups in total. The zero-order valence-electron chi connectivity index (χ0n) is 15.7. The summed E-state index contributed by atoms with van der Waals surface area (Å²) < 4.78 is 0. The van der Waals surface area contributed by atoms with Crippen molar-refractivity contribution in [3.63, 3.8) is 0 Å². The normalized spacial score (nSPS) is 19.7. The molecule has 0 bridgehead atoms. The van der Waals surface area contributed by atoms with Gasteiger partial charge in [0.15, 0.2) is 0 Å². The molecule has 132 valence electrons. The molecule has 0 radical (unpaired) electrons. The minimum atomic E-state index is 0.936. The van der Waals surface area contributed by atoms with Gasteiger partial charge >= 0.3 is 0 Å². The van der Waals surface area contributed by atoms with E-state index in [0.29, 0.717) is 0 Å². The van der Waals surface area contributed by atoms with E-state index in [9.17, 15) is 0 Å². The van der Waals surface area contributed by atoms with Crippen LogP contribution in [0, 0.1) is 5.92 Å². The molecule has 0 nitrogen and oxygen atoms in total. The molecule has 1 unspecified atom stereocenters. The third-order valence-electron chi connectivity index (χ3n) is 4.85. The van der Waals surface area contributed by atoms with Gasteiger partial charge in [-0.2, -0.15) is 0 Å². The molecule has 0 aliphatic heterocycles. The Hall–Kier alpha value is -2.08. The van der Waals surface area contributed by atoms with Gasteiger partial charge in [-0.3, -0.25) is 0 Å². The first-order valence-corrected chi connectivity index (χ1v) is 9.70. The zero-order valence-corrected chi connectivity index (χ0v) is 15.7. The number of benzene rings is 2. The molecule has 0 spiro atoms. The summed E-state index contributed by atoms with van der Waals surface area (Å²) in [6.45, 7) is 6.04. The highest BCUT2D eigenvalue weighted by Crippen LogP contribution is 2.25. The molecule has 1 saturated carbocycles. The van der Waals surface area contributed by atoms with E-state index >= 15 is 0 Å². The van der Waals surface area contributed by atoms with Crippen molar-refractivity contribution < 1.29 is 0 Å². The average molecular weight is 333 g/mol. The molecule has 1 atom stereocenters. The lowest BCUT2D eigenvalue weighted by atomic mass is 9.99. The maximum absolute atomic E-state index is 3.63. The standard InChI is InChI=1S/C17H24.C8H8/c1-15-8-5-6-12-17(13-7-9-15)14-16-10-3-2-4-11-16;1-2-8-6-4-3-5-7-8/h2-4,10-11,14-15H,5-9,12-13H2,1H3;2-7H,1H2. The van der Waals surface area contributed by atoms with E-state index in [4.69, 9.17) is 0 Å². The smallest absolute Gasteiger partial charge is 0.0257 e. The third-order valence-corrected chi connectivity index (χ3v) is 4.85. The topological polar surface area (TPSA) is 0 Å². The van der Waals surface area contributed by atoms with Crippen molar-refractivity contribution in [3.05, 3.63) is 83.9 Å². The number of rotatable bonds is 2. The molecular formula is C25H32. The fraction of sp³-hybridized carbons (Fsp3) is 0.360. The van der Waals surface area contributed by atoms with Crippen LogP contribution >= 0.6 is 0 Å². The molecule has 0 heterocycles. The Morgan fingerprint density at radius 2 is 1.32 bits per heavy atom. The van der Waals surface area contributed by atoms with E-state index < -0.39 is 0 Å². The van der Waals surface area contributed by atoms with E-state index in [1.54, 1.807) is 5.57 Å². The van der Waals surface area contributed by atoms with Crippen molar-refractivity contribution in [2.75, 3.05) is 0 Å². The summed E-state index contributed by atoms with van der Waals surface area (Å²) in [5.74, 6) is 0.936. The molecule has 0 saturated heterocycles. The fourth-order valence-electron chi connectivity index (χ4n) is 3.31. The quantitative estimate of drug-likeness (QED) is 0.526. The summed E-state index contributed by atoms with van der Waals surface area (Å²) in [4.78, 5) is 0. The molecule has 1 fully saturated rings. The Morgan fingerprint density at radius 3 is 1.92 bits per heavy atom. The van der Waals surface area contributed by atoms with Gasteiger partial charge < -0.3 is 0 Å². The average Bonchev–Trinajstić information content (AvgIpc) is 2.76. The van der Waals surface area contributed by atoms with Crippen molar-refractivity contribution in [3.8, 4) is 0 Å². The van der Waals surface area contributed by atoms with Crippen LogP contribution in [0.25, 0.3) is 12.2 Å². The Bertz CT molecular complexity index is 622. The second-order valence-corrected chi connectivity index (χ2v) is 7.07. The van der Waals surface area contributed by atoms with Gasteiger partial charge in [0.2, 0.25) is 0 Å². The van der Waals surface area contributed by atoms with Crippen LogP contribution in [0.4, 0.5) is 0 Å². The van der Waals surface area contributed by atoms with Crippen LogP contribution in [0.3, 0.4) is 0 Å². The molecule has 0 heteroatoms. The summed E-state index contributed by atoms with van der Waals surface area (Å²) in [5.41, 5.74) is 4.20. The minimum Gasteiger partial charge on any atom is -0.0985 e. The lowest BCUT2D eigenvalue weighted by Crippen LogP contribution is -1.92. The van der Waals surface area contributed by atoms with Crippen LogP contribution in [-0.2, 0) is 0 Å². The van der Waals surface area contributed by atoms with Crippen molar-refractivity contribution >= 4 is 12.2 Å². The van der Waals surface area contributed by atoms with E-state index in [1.807, 2.05) is 36.4 Å². The fourth-order valence-corrected chi connectivity index (χ4v) is 3.31. The second-order valence-electron chi connectivity index (χ2n) is 7.07. The lowest BCUT2D eigenvalue weighted by molar-refractivity contribution is 0.466. The number of hydrogen-bond donors (Lipinski definition) is 0. The van der Waals surface area contributed by atoms with Gasteiger partial charge in [-0.1, -0.05) is 111 Å². The van der Waals surface area contributed by atoms with Gasteiger partial charge in [0.25, 0.3) is 0 Å². The molecule has 0 amide bonds. The summed E-state index contributed by atoms with van der Waals surface area (Å²) in [6.07, 6.45) is 13.9. The molecule has 1 aliphatic carbocycles. The van der Waals surface area contributed by atoms with Crippen LogP contribution in [0.15, 0.2) is 72.8 Å². The van der Waals surface area contributed by atoms with Crippen molar-refractivity contribution in [2.45, 2.75) is 51.9 Å². The highest BCUT2D eigenvalue weighted by molar-refractivity contribution is 5.52. The van der Waals surface area contributed by atoms with Gasteiger partial charge in [0.05, 0.1) is 0 Å². The second kappa shape index (κ2) is 11.5. The molecule has 2 aromatic rings. The Labute approximate surface area is 154 Å². The van der Waals surface area contributed by atoms with Crippen LogP contribution in [0.5, 0.6) is 0 Å². The van der Waals surface area contributed by atoms with Crippen molar-refractivity contribution in [1.29, 1.82) is 0 Å². The van der Waals surface area contributed by atoms with Crippen LogP contribution < -0.4 is 0 Å². The van der Waals surface area contributed by atoms with E-state index in [2.05, 4.69) is 49.9 Å². The third kappa shape index (κ3) is 8.03. The highest BCUT2D eigenvalue weighted by Gasteiger charge is 2.07. The summed E-state index contributed by atoms with van der Waals surface area (Å²) in [6, 6.07) is 20.8. The van der Waals surface area contributed by atoms with Crippen molar-refractivity contribution in [2.24, 2.45) is 5.92 Å². The van der Waals surface area contributed by atoms with E-state index in [-0.39, 0.29) is 0 Å². The maximum atomic E-state index is 3.63. The molecule has 2 aromatic carbocycles. The molecule has 25 heavy (non-hydrogen) atoms. The minimum absolute atomic E-state index is 0.936.